The fourth-order valence-corrected chi connectivity index (χ4v) is 7.77. The predicted octanol–water partition coefficient (Wildman–Crippen LogP) is 12.4. The van der Waals surface area contributed by atoms with Gasteiger partial charge in [-0.2, -0.15) is 0 Å². The van der Waals surface area contributed by atoms with Gasteiger partial charge in [0.2, 0.25) is 0 Å². The maximum atomic E-state index is 12.4. The lowest BCUT2D eigenvalue weighted by Crippen LogP contribution is -2.52. The van der Waals surface area contributed by atoms with Gasteiger partial charge in [0.05, 0.1) is 40.4 Å². The minimum Gasteiger partial charge on any atom is -0.490 e. The van der Waals surface area contributed by atoms with Crippen molar-refractivity contribution >= 4 is 51.1 Å². The zero-order valence-electron chi connectivity index (χ0n) is 37.3. The summed E-state index contributed by atoms with van der Waals surface area (Å²) in [6.07, 6.45) is 8.24. The monoisotopic (exact) mass is 866 g/mol. The van der Waals surface area contributed by atoms with Crippen LogP contribution in [0.5, 0.6) is 11.5 Å². The van der Waals surface area contributed by atoms with E-state index in [9.17, 15) is 4.79 Å². The number of alkyl carbamates (subject to hydrolysis) is 1. The van der Waals surface area contributed by atoms with E-state index in [1.54, 1.807) is 24.8 Å². The number of aromatic nitrogens is 4. The number of rotatable bonds is 13. The summed E-state index contributed by atoms with van der Waals surface area (Å²) < 4.78 is 17.6. The summed E-state index contributed by atoms with van der Waals surface area (Å²) in [5.41, 5.74) is 12.2. The minimum absolute atomic E-state index is 0.295. The second kappa shape index (κ2) is 19.8. The quantitative estimate of drug-likeness (QED) is 0.116. The first-order valence-electron chi connectivity index (χ1n) is 20.7. The minimum atomic E-state index is -0.595. The molecule has 12 heteroatoms. The molecule has 6 aromatic rings. The number of pyridine rings is 4. The first-order valence-corrected chi connectivity index (χ1v) is 21.4. The molecule has 324 valence electrons. The van der Waals surface area contributed by atoms with Gasteiger partial charge in [-0.15, -0.1) is 0 Å². The number of amides is 1. The van der Waals surface area contributed by atoms with E-state index in [2.05, 4.69) is 52.9 Å². The molecule has 0 unspecified atom stereocenters. The molecule has 0 spiro atoms. The van der Waals surface area contributed by atoms with Crippen molar-refractivity contribution in [3.8, 4) is 34.0 Å². The Balaban J connectivity index is 0.000000237. The fraction of sp³-hybridized carbons (Fsp3) is 0.408. The molecule has 3 N–H and O–H groups in total. The molecule has 0 radical (unpaired) electrons. The van der Waals surface area contributed by atoms with Crippen LogP contribution in [-0.2, 0) is 4.74 Å². The van der Waals surface area contributed by atoms with Crippen LogP contribution in [0.1, 0.15) is 86.3 Å². The highest BCUT2D eigenvalue weighted by Gasteiger charge is 2.31. The van der Waals surface area contributed by atoms with E-state index in [0.29, 0.717) is 40.8 Å². The molecule has 4 aromatic heterocycles. The molecule has 0 fully saturated rings. The van der Waals surface area contributed by atoms with Crippen LogP contribution in [0, 0.1) is 25.7 Å². The Morgan fingerprint density at radius 2 is 1.13 bits per heavy atom. The molecule has 1 amide bonds. The van der Waals surface area contributed by atoms with E-state index < -0.39 is 17.2 Å². The number of ether oxygens (including phenoxy) is 3. The van der Waals surface area contributed by atoms with Crippen LogP contribution in [0.4, 0.5) is 4.79 Å². The van der Waals surface area contributed by atoms with Crippen molar-refractivity contribution in [3.63, 3.8) is 0 Å². The summed E-state index contributed by atoms with van der Waals surface area (Å²) >= 11 is 12.2. The van der Waals surface area contributed by atoms with Crippen molar-refractivity contribution in [2.75, 3.05) is 13.2 Å². The first-order chi connectivity index (χ1) is 28.6. The summed E-state index contributed by atoms with van der Waals surface area (Å²) in [4.78, 5) is 30.5. The van der Waals surface area contributed by atoms with Gasteiger partial charge in [-0.25, -0.2) is 4.79 Å². The zero-order chi connectivity index (χ0) is 44.7. The van der Waals surface area contributed by atoms with E-state index in [-0.39, 0.29) is 5.54 Å². The third-order valence-corrected chi connectivity index (χ3v) is 10.2. The van der Waals surface area contributed by atoms with Gasteiger partial charge in [0.1, 0.15) is 30.3 Å². The highest BCUT2D eigenvalue weighted by molar-refractivity contribution is 6.31. The number of carbonyl (C=O) groups excluding carboxylic acids is 1. The summed E-state index contributed by atoms with van der Waals surface area (Å²) in [6.45, 7) is 22.9. The Hall–Kier alpha value is -5.03. The fourth-order valence-electron chi connectivity index (χ4n) is 7.44. The number of benzene rings is 2. The van der Waals surface area contributed by atoms with Crippen LogP contribution >= 0.6 is 23.2 Å². The molecule has 0 aliphatic rings. The molecule has 0 aliphatic heterocycles. The number of nitrogens with two attached hydrogens (primary N) is 1. The number of halogens is 2. The number of carbonyl (C=O) groups is 1. The van der Waals surface area contributed by atoms with Gasteiger partial charge in [-0.3, -0.25) is 19.9 Å². The molecule has 2 aromatic carbocycles. The highest BCUT2D eigenvalue weighted by Crippen LogP contribution is 2.33. The molecule has 6 rings (SSSR count). The van der Waals surface area contributed by atoms with Gasteiger partial charge >= 0.3 is 6.09 Å². The highest BCUT2D eigenvalue weighted by atomic mass is 35.5. The van der Waals surface area contributed by atoms with Gasteiger partial charge in [0.15, 0.2) is 0 Å². The number of hydrogen-bond donors (Lipinski definition) is 2. The van der Waals surface area contributed by atoms with Crippen molar-refractivity contribution in [2.24, 2.45) is 17.6 Å². The van der Waals surface area contributed by atoms with E-state index in [0.717, 1.165) is 74.0 Å². The summed E-state index contributed by atoms with van der Waals surface area (Å²) in [5, 5.41) is 6.34. The van der Waals surface area contributed by atoms with Crippen LogP contribution in [0.2, 0.25) is 10.0 Å². The molecule has 2 atom stereocenters. The molecule has 0 saturated carbocycles. The van der Waals surface area contributed by atoms with Gasteiger partial charge in [-0.1, -0.05) is 63.0 Å². The van der Waals surface area contributed by atoms with Gasteiger partial charge in [0.25, 0.3) is 0 Å². The van der Waals surface area contributed by atoms with Crippen molar-refractivity contribution in [3.05, 3.63) is 107 Å². The van der Waals surface area contributed by atoms with Gasteiger partial charge < -0.3 is 25.3 Å². The maximum Gasteiger partial charge on any atom is 0.408 e. The first kappa shape index (κ1) is 47.0. The molecule has 10 nitrogen and oxygen atoms in total. The Labute approximate surface area is 371 Å². The third kappa shape index (κ3) is 13.5. The summed E-state index contributed by atoms with van der Waals surface area (Å²) in [6, 6.07) is 19.3. The average Bonchev–Trinajstić information content (AvgIpc) is 3.14. The summed E-state index contributed by atoms with van der Waals surface area (Å²) in [5.74, 6) is 2.32. The van der Waals surface area contributed by atoms with Gasteiger partial charge in [-0.05, 0) is 133 Å². The Kier molecular flexibility index (Phi) is 15.2. The molecule has 0 aliphatic carbocycles. The normalized spacial score (nSPS) is 13.6. The van der Waals surface area contributed by atoms with Crippen LogP contribution in [0.15, 0.2) is 85.5 Å². The van der Waals surface area contributed by atoms with Crippen LogP contribution in [0.3, 0.4) is 0 Å². The topological polar surface area (TPSA) is 134 Å². The summed E-state index contributed by atoms with van der Waals surface area (Å²) in [7, 11) is 0. The van der Waals surface area contributed by atoms with Gasteiger partial charge in [0, 0.05) is 49.9 Å². The second-order valence-corrected chi connectivity index (χ2v) is 19.2. The Bertz CT molecular complexity index is 2470. The number of nitrogens with one attached hydrogen (secondary N) is 1. The molecule has 0 saturated heterocycles. The number of hydrogen-bond acceptors (Lipinski definition) is 9. The smallest absolute Gasteiger partial charge is 0.408 e. The number of fused-ring (bicyclic) bond motifs is 2. The van der Waals surface area contributed by atoms with Crippen molar-refractivity contribution < 1.29 is 19.0 Å². The van der Waals surface area contributed by atoms with E-state index in [4.69, 9.17) is 43.1 Å². The second-order valence-electron chi connectivity index (χ2n) is 18.3. The molecular formula is C49H60Cl2N6O4. The average molecular weight is 868 g/mol. The number of nitrogens with zero attached hydrogens (tertiary/aromatic N) is 4. The molecule has 0 bridgehead atoms. The SMILES string of the molecule is Cc1cc(-c2ccnc3cc(Cl)ccc23)ncc1OC[C@@](C)(N)CC(C)C.Cc1cc(-c2ccnc3cc(Cl)ccc23)ncc1OC[C@](C)(CC(C)C)NC(=O)OC(C)(C)C. The van der Waals surface area contributed by atoms with Crippen molar-refractivity contribution in [2.45, 2.75) is 106 Å². The predicted molar refractivity (Wildman–Crippen MR) is 250 cm³/mol. The molecular weight excluding hydrogens is 807 g/mol. The molecule has 4 heterocycles. The molecule has 61 heavy (non-hydrogen) atoms. The number of aryl methyl sites for hydroxylation is 2. The third-order valence-electron chi connectivity index (χ3n) is 9.73. The van der Waals surface area contributed by atoms with Crippen LogP contribution in [0.25, 0.3) is 44.3 Å². The largest absolute Gasteiger partial charge is 0.490 e. The lowest BCUT2D eigenvalue weighted by atomic mass is 9.91. The Morgan fingerprint density at radius 1 is 0.672 bits per heavy atom. The Morgan fingerprint density at radius 3 is 1.56 bits per heavy atom. The van der Waals surface area contributed by atoms with Crippen LogP contribution < -0.4 is 20.5 Å². The van der Waals surface area contributed by atoms with Crippen LogP contribution in [-0.4, -0.2) is 55.9 Å². The van der Waals surface area contributed by atoms with Crippen molar-refractivity contribution in [1.82, 2.24) is 25.3 Å². The lowest BCUT2D eigenvalue weighted by Gasteiger charge is -2.33. The van der Waals surface area contributed by atoms with E-state index >= 15 is 0 Å². The van der Waals surface area contributed by atoms with Crippen molar-refractivity contribution in [1.29, 1.82) is 0 Å². The van der Waals surface area contributed by atoms with E-state index in [1.165, 1.54) is 0 Å². The lowest BCUT2D eigenvalue weighted by molar-refractivity contribution is 0.0407. The maximum absolute atomic E-state index is 12.4. The zero-order valence-corrected chi connectivity index (χ0v) is 38.8. The van der Waals surface area contributed by atoms with E-state index in [1.807, 2.05) is 109 Å². The standard InChI is InChI=1S/C27H34ClN3O3.C22H26ClN3O/c1-17(2)14-27(7,31-25(32)34-26(4,5)6)16-33-24-15-30-22(12-18(24)3)21-10-11-29-23-13-19(28)8-9-20(21)23;1-14(2)11-22(4,24)13-27-21-12-26-19(9-15(21)3)18-7-8-25-20-10-16(23)5-6-17(18)20/h8-13,15,17H,14,16H2,1-7H3,(H,31,32);5-10,12,14H,11,13,24H2,1-4H3/t27-;22-/m00/s1.